The van der Waals surface area contributed by atoms with Crippen molar-refractivity contribution >= 4 is 29.1 Å². The van der Waals surface area contributed by atoms with Crippen LogP contribution in [0, 0.1) is 10.1 Å². The molecule has 0 aliphatic carbocycles. The smallest absolute Gasteiger partial charge is 0.269 e. The number of anilines is 1. The Balaban J connectivity index is 1.64. The molecule has 1 saturated heterocycles. The van der Waals surface area contributed by atoms with E-state index < -0.39 is 28.7 Å². The van der Waals surface area contributed by atoms with Crippen molar-refractivity contribution in [3.63, 3.8) is 0 Å². The van der Waals surface area contributed by atoms with E-state index in [9.17, 15) is 24.5 Å². The van der Waals surface area contributed by atoms with Crippen molar-refractivity contribution in [2.24, 2.45) is 0 Å². The number of methoxy groups -OCH3 is 3. The molecular weight excluding hydrogens is 506 g/mol. The van der Waals surface area contributed by atoms with Gasteiger partial charge in [0.15, 0.2) is 11.5 Å². The highest BCUT2D eigenvalue weighted by Crippen LogP contribution is 2.30. The molecule has 3 amide bonds. The molecule has 1 heterocycles. The normalized spacial score (nSPS) is 14.7. The zero-order valence-electron chi connectivity index (χ0n) is 21.7. The first-order chi connectivity index (χ1) is 18.8. The number of ether oxygens (including phenoxy) is 3. The molecule has 4 rings (SSSR count). The Kier molecular flexibility index (Phi) is 8.09. The number of rotatable bonds is 10. The van der Waals surface area contributed by atoms with E-state index in [-0.39, 0.29) is 24.2 Å². The maximum absolute atomic E-state index is 13.6. The lowest BCUT2D eigenvalue weighted by atomic mass is 10.1. The van der Waals surface area contributed by atoms with Crippen LogP contribution in [0.1, 0.15) is 22.3 Å². The van der Waals surface area contributed by atoms with Gasteiger partial charge in [0.2, 0.25) is 5.91 Å². The monoisotopic (exact) mass is 533 g/mol. The molecular formula is C28H27N3O8. The number of imide groups is 1. The SMILES string of the molecule is COc1ccc(N2C(=O)CC(N(CCc3ccc(OC)c(OC)c3)C(=O)c3ccc([N+](=O)[O-])cc3)C2=O)cc1. The molecule has 1 atom stereocenters. The van der Waals surface area contributed by atoms with Gasteiger partial charge in [0.1, 0.15) is 11.8 Å². The average molecular weight is 534 g/mol. The summed E-state index contributed by atoms with van der Waals surface area (Å²) in [6.07, 6.45) is 0.148. The second-order valence-electron chi connectivity index (χ2n) is 8.73. The highest BCUT2D eigenvalue weighted by molar-refractivity contribution is 6.23. The number of amides is 3. The number of hydrogen-bond acceptors (Lipinski definition) is 8. The van der Waals surface area contributed by atoms with Gasteiger partial charge in [0, 0.05) is 24.2 Å². The molecule has 11 nitrogen and oxygen atoms in total. The van der Waals surface area contributed by atoms with Crippen molar-refractivity contribution in [3.8, 4) is 17.2 Å². The predicted octanol–water partition coefficient (Wildman–Crippen LogP) is 3.64. The number of benzene rings is 3. The Morgan fingerprint density at radius 2 is 1.62 bits per heavy atom. The molecule has 0 radical (unpaired) electrons. The number of non-ortho nitro benzene ring substituents is 1. The van der Waals surface area contributed by atoms with Crippen LogP contribution in [0.4, 0.5) is 11.4 Å². The molecule has 3 aromatic rings. The van der Waals surface area contributed by atoms with Crippen LogP contribution in [-0.4, -0.2) is 61.5 Å². The zero-order valence-corrected chi connectivity index (χ0v) is 21.7. The second kappa shape index (κ2) is 11.6. The van der Waals surface area contributed by atoms with E-state index >= 15 is 0 Å². The van der Waals surface area contributed by atoms with E-state index in [1.807, 2.05) is 6.07 Å². The maximum atomic E-state index is 13.6. The molecule has 202 valence electrons. The first-order valence-corrected chi connectivity index (χ1v) is 12.0. The van der Waals surface area contributed by atoms with Gasteiger partial charge in [-0.05, 0) is 60.5 Å². The summed E-state index contributed by atoms with van der Waals surface area (Å²) in [5.74, 6) is 0.135. The van der Waals surface area contributed by atoms with Crippen LogP contribution in [-0.2, 0) is 16.0 Å². The molecule has 1 unspecified atom stereocenters. The fourth-order valence-corrected chi connectivity index (χ4v) is 4.44. The van der Waals surface area contributed by atoms with Gasteiger partial charge in [0.25, 0.3) is 17.5 Å². The summed E-state index contributed by atoms with van der Waals surface area (Å²) in [5.41, 5.74) is 1.19. The molecule has 0 aromatic heterocycles. The number of carbonyl (C=O) groups is 3. The van der Waals surface area contributed by atoms with Crippen molar-refractivity contribution in [1.82, 2.24) is 4.90 Å². The first kappa shape index (κ1) is 27.1. The van der Waals surface area contributed by atoms with E-state index in [0.29, 0.717) is 29.4 Å². The molecule has 0 bridgehead atoms. The fourth-order valence-electron chi connectivity index (χ4n) is 4.44. The Bertz CT molecular complexity index is 1390. The summed E-state index contributed by atoms with van der Waals surface area (Å²) in [6, 6.07) is 15.9. The summed E-state index contributed by atoms with van der Waals surface area (Å²) >= 11 is 0. The highest BCUT2D eigenvalue weighted by atomic mass is 16.6. The van der Waals surface area contributed by atoms with Gasteiger partial charge in [-0.2, -0.15) is 0 Å². The molecule has 0 N–H and O–H groups in total. The third-order valence-corrected chi connectivity index (χ3v) is 6.50. The second-order valence-corrected chi connectivity index (χ2v) is 8.73. The number of nitrogens with zero attached hydrogens (tertiary/aromatic N) is 3. The van der Waals surface area contributed by atoms with Gasteiger partial charge in [-0.1, -0.05) is 6.07 Å². The quantitative estimate of drug-likeness (QED) is 0.220. The van der Waals surface area contributed by atoms with Crippen LogP contribution in [0.2, 0.25) is 0 Å². The summed E-state index contributed by atoms with van der Waals surface area (Å²) in [7, 11) is 4.55. The van der Waals surface area contributed by atoms with Crippen molar-refractivity contribution in [3.05, 3.63) is 88.0 Å². The Morgan fingerprint density at radius 1 is 0.949 bits per heavy atom. The zero-order chi connectivity index (χ0) is 28.1. The molecule has 1 aliphatic rings. The molecule has 39 heavy (non-hydrogen) atoms. The first-order valence-electron chi connectivity index (χ1n) is 12.0. The van der Waals surface area contributed by atoms with Crippen molar-refractivity contribution in [1.29, 1.82) is 0 Å². The number of hydrogen-bond donors (Lipinski definition) is 0. The lowest BCUT2D eigenvalue weighted by molar-refractivity contribution is -0.384. The van der Waals surface area contributed by atoms with Gasteiger partial charge >= 0.3 is 0 Å². The Labute approximate surface area is 224 Å². The minimum absolute atomic E-state index is 0.103. The summed E-state index contributed by atoms with van der Waals surface area (Å²) in [5, 5.41) is 11.1. The lowest BCUT2D eigenvalue weighted by Gasteiger charge is -2.28. The lowest BCUT2D eigenvalue weighted by Crippen LogP contribution is -2.46. The van der Waals surface area contributed by atoms with Crippen LogP contribution in [0.25, 0.3) is 0 Å². The minimum atomic E-state index is -1.05. The van der Waals surface area contributed by atoms with Crippen LogP contribution in [0.3, 0.4) is 0 Å². The number of carbonyl (C=O) groups excluding carboxylic acids is 3. The third-order valence-electron chi connectivity index (χ3n) is 6.50. The van der Waals surface area contributed by atoms with E-state index in [2.05, 4.69) is 0 Å². The average Bonchev–Trinajstić information content (AvgIpc) is 3.25. The Morgan fingerprint density at radius 3 is 2.21 bits per heavy atom. The molecule has 1 fully saturated rings. The van der Waals surface area contributed by atoms with Gasteiger partial charge in [-0.25, -0.2) is 4.90 Å². The number of nitro groups is 1. The topological polar surface area (TPSA) is 129 Å². The minimum Gasteiger partial charge on any atom is -0.497 e. The van der Waals surface area contributed by atoms with E-state index in [0.717, 1.165) is 10.5 Å². The molecule has 1 aliphatic heterocycles. The van der Waals surface area contributed by atoms with E-state index in [1.54, 1.807) is 36.4 Å². The van der Waals surface area contributed by atoms with Crippen LogP contribution in [0.5, 0.6) is 17.2 Å². The summed E-state index contributed by atoms with van der Waals surface area (Å²) < 4.78 is 15.8. The highest BCUT2D eigenvalue weighted by Gasteiger charge is 2.44. The van der Waals surface area contributed by atoms with Gasteiger partial charge in [-0.3, -0.25) is 24.5 Å². The summed E-state index contributed by atoms with van der Waals surface area (Å²) in [4.78, 5) is 53.1. The molecule has 0 saturated carbocycles. The van der Waals surface area contributed by atoms with Crippen LogP contribution < -0.4 is 19.1 Å². The molecule has 0 spiro atoms. The maximum Gasteiger partial charge on any atom is 0.269 e. The van der Waals surface area contributed by atoms with Crippen molar-refractivity contribution in [2.75, 3.05) is 32.8 Å². The molecule has 3 aromatic carbocycles. The van der Waals surface area contributed by atoms with E-state index in [1.165, 1.54) is 50.5 Å². The van der Waals surface area contributed by atoms with Gasteiger partial charge in [-0.15, -0.1) is 0 Å². The summed E-state index contributed by atoms with van der Waals surface area (Å²) in [6.45, 7) is 0.103. The third kappa shape index (κ3) is 5.66. The van der Waals surface area contributed by atoms with E-state index in [4.69, 9.17) is 14.2 Å². The molecule has 11 heteroatoms. The van der Waals surface area contributed by atoms with Gasteiger partial charge in [0.05, 0.1) is 38.4 Å². The van der Waals surface area contributed by atoms with Crippen molar-refractivity contribution < 1.29 is 33.5 Å². The Hall–Kier alpha value is -4.93. The largest absolute Gasteiger partial charge is 0.497 e. The number of nitro benzene ring substituents is 1. The standard InChI is InChI=1S/C28H27N3O8/c1-37-22-11-9-20(10-12-22)30-26(32)17-23(28(30)34)29(27(33)19-5-7-21(8-6-19)31(35)36)15-14-18-4-13-24(38-2)25(16-18)39-3/h4-13,16,23H,14-15,17H2,1-3H3. The predicted molar refractivity (Wildman–Crippen MR) is 141 cm³/mol. The van der Waals surface area contributed by atoms with Crippen molar-refractivity contribution in [2.45, 2.75) is 18.9 Å². The fraction of sp³-hybridized carbons (Fsp3) is 0.250. The van der Waals surface area contributed by atoms with Crippen LogP contribution >= 0.6 is 0 Å². The van der Waals surface area contributed by atoms with Crippen LogP contribution in [0.15, 0.2) is 66.7 Å². The van der Waals surface area contributed by atoms with Gasteiger partial charge < -0.3 is 19.1 Å².